The van der Waals surface area contributed by atoms with Crippen molar-refractivity contribution in [1.82, 2.24) is 9.78 Å². The van der Waals surface area contributed by atoms with Crippen molar-refractivity contribution in [2.45, 2.75) is 6.54 Å². The Bertz CT molecular complexity index is 752. The second-order valence-corrected chi connectivity index (χ2v) is 5.62. The van der Waals surface area contributed by atoms with Crippen LogP contribution in [0.15, 0.2) is 46.9 Å². The van der Waals surface area contributed by atoms with Crippen molar-refractivity contribution in [3.05, 3.63) is 57.5 Å². The average molecular weight is 337 g/mol. The zero-order chi connectivity index (χ0) is 13.4. The summed E-state index contributed by atoms with van der Waals surface area (Å²) < 4.78 is 2.84. The molecule has 1 heterocycles. The van der Waals surface area contributed by atoms with Crippen LogP contribution < -0.4 is 5.73 Å². The molecule has 2 aromatic carbocycles. The fourth-order valence-corrected chi connectivity index (χ4v) is 2.82. The SMILES string of the molecule is Nc1nn(Cc2ccc(Br)cc2Cl)c2ccccc12. The monoisotopic (exact) mass is 335 g/mol. The van der Waals surface area contributed by atoms with E-state index in [1.807, 2.05) is 47.1 Å². The summed E-state index contributed by atoms with van der Waals surface area (Å²) in [5.74, 6) is 0.545. The second-order valence-electron chi connectivity index (χ2n) is 4.30. The molecule has 3 aromatic rings. The third kappa shape index (κ3) is 2.33. The Hall–Kier alpha value is -1.52. The number of nitrogens with two attached hydrogens (primary N) is 1. The third-order valence-electron chi connectivity index (χ3n) is 3.02. The van der Waals surface area contributed by atoms with Gasteiger partial charge in [0.25, 0.3) is 0 Å². The fourth-order valence-electron chi connectivity index (χ4n) is 2.08. The van der Waals surface area contributed by atoms with E-state index in [0.717, 1.165) is 20.9 Å². The highest BCUT2D eigenvalue weighted by Gasteiger charge is 2.09. The van der Waals surface area contributed by atoms with Gasteiger partial charge in [-0.3, -0.25) is 4.68 Å². The summed E-state index contributed by atoms with van der Waals surface area (Å²) in [4.78, 5) is 0. The quantitative estimate of drug-likeness (QED) is 0.766. The van der Waals surface area contributed by atoms with Gasteiger partial charge < -0.3 is 5.73 Å². The van der Waals surface area contributed by atoms with Gasteiger partial charge in [-0.2, -0.15) is 5.10 Å². The summed E-state index contributed by atoms with van der Waals surface area (Å²) >= 11 is 9.63. The molecule has 0 atom stereocenters. The number of rotatable bonds is 2. The lowest BCUT2D eigenvalue weighted by Gasteiger charge is -2.06. The first kappa shape index (κ1) is 12.5. The minimum absolute atomic E-state index is 0.545. The number of anilines is 1. The fraction of sp³-hybridized carbons (Fsp3) is 0.0714. The summed E-state index contributed by atoms with van der Waals surface area (Å²) in [6, 6.07) is 13.7. The summed E-state index contributed by atoms with van der Waals surface area (Å²) in [5.41, 5.74) is 7.95. The summed E-state index contributed by atoms with van der Waals surface area (Å²) in [6.45, 7) is 0.601. The molecule has 0 aliphatic heterocycles. The Morgan fingerprint density at radius 2 is 2.00 bits per heavy atom. The molecule has 5 heteroatoms. The highest BCUT2D eigenvalue weighted by atomic mass is 79.9. The summed E-state index contributed by atoms with van der Waals surface area (Å²) in [5, 5.41) is 6.06. The van der Waals surface area contributed by atoms with E-state index in [1.54, 1.807) is 0 Å². The first-order chi connectivity index (χ1) is 9.15. The van der Waals surface area contributed by atoms with E-state index >= 15 is 0 Å². The molecule has 0 amide bonds. The maximum Gasteiger partial charge on any atom is 0.153 e. The molecule has 96 valence electrons. The summed E-state index contributed by atoms with van der Waals surface area (Å²) in [6.07, 6.45) is 0. The van der Waals surface area contributed by atoms with Gasteiger partial charge in [-0.15, -0.1) is 0 Å². The number of benzene rings is 2. The van der Waals surface area contributed by atoms with Gasteiger partial charge in [0.15, 0.2) is 5.82 Å². The average Bonchev–Trinajstić information content (AvgIpc) is 2.71. The number of nitrogens with zero attached hydrogens (tertiary/aromatic N) is 2. The molecule has 0 bridgehead atoms. The zero-order valence-corrected chi connectivity index (χ0v) is 12.3. The number of hydrogen-bond donors (Lipinski definition) is 1. The second kappa shape index (κ2) is 4.87. The molecule has 0 unspecified atom stereocenters. The van der Waals surface area contributed by atoms with Crippen molar-refractivity contribution in [3.63, 3.8) is 0 Å². The van der Waals surface area contributed by atoms with Crippen molar-refractivity contribution in [2.24, 2.45) is 0 Å². The maximum atomic E-state index is 6.24. The van der Waals surface area contributed by atoms with E-state index in [9.17, 15) is 0 Å². The Morgan fingerprint density at radius 1 is 1.21 bits per heavy atom. The Kier molecular flexibility index (Phi) is 3.21. The van der Waals surface area contributed by atoms with Crippen LogP contribution in [0, 0.1) is 0 Å². The molecular formula is C14H11BrClN3. The third-order valence-corrected chi connectivity index (χ3v) is 3.87. The number of halogens is 2. The van der Waals surface area contributed by atoms with E-state index in [4.69, 9.17) is 17.3 Å². The van der Waals surface area contributed by atoms with Gasteiger partial charge in [0.2, 0.25) is 0 Å². The van der Waals surface area contributed by atoms with Crippen molar-refractivity contribution in [1.29, 1.82) is 0 Å². The molecule has 0 radical (unpaired) electrons. The molecule has 0 aliphatic carbocycles. The molecular weight excluding hydrogens is 326 g/mol. The van der Waals surface area contributed by atoms with Crippen LogP contribution in [0.2, 0.25) is 5.02 Å². The lowest BCUT2D eigenvalue weighted by Crippen LogP contribution is -2.02. The predicted octanol–water partition coefficient (Wildman–Crippen LogP) is 4.08. The van der Waals surface area contributed by atoms with Gasteiger partial charge in [-0.1, -0.05) is 45.7 Å². The zero-order valence-electron chi connectivity index (χ0n) is 9.98. The van der Waals surface area contributed by atoms with Crippen LogP contribution in [0.3, 0.4) is 0 Å². The van der Waals surface area contributed by atoms with Crippen LogP contribution in [-0.4, -0.2) is 9.78 Å². The Balaban J connectivity index is 2.06. The van der Waals surface area contributed by atoms with E-state index in [0.29, 0.717) is 17.4 Å². The van der Waals surface area contributed by atoms with Crippen LogP contribution in [0.4, 0.5) is 5.82 Å². The van der Waals surface area contributed by atoms with Gasteiger partial charge >= 0.3 is 0 Å². The highest BCUT2D eigenvalue weighted by Crippen LogP contribution is 2.25. The first-order valence-electron chi connectivity index (χ1n) is 5.80. The highest BCUT2D eigenvalue weighted by molar-refractivity contribution is 9.10. The van der Waals surface area contributed by atoms with Crippen molar-refractivity contribution in [3.8, 4) is 0 Å². The van der Waals surface area contributed by atoms with Gasteiger partial charge in [0, 0.05) is 14.9 Å². The molecule has 0 saturated carbocycles. The number of aromatic nitrogens is 2. The molecule has 0 aliphatic rings. The van der Waals surface area contributed by atoms with E-state index in [2.05, 4.69) is 21.0 Å². The molecule has 2 N–H and O–H groups in total. The molecule has 3 rings (SSSR count). The smallest absolute Gasteiger partial charge is 0.153 e. The maximum absolute atomic E-state index is 6.24. The number of para-hydroxylation sites is 1. The predicted molar refractivity (Wildman–Crippen MR) is 82.4 cm³/mol. The van der Waals surface area contributed by atoms with Crippen molar-refractivity contribution >= 4 is 44.3 Å². The number of nitrogen functional groups attached to an aromatic ring is 1. The molecule has 3 nitrogen and oxygen atoms in total. The normalized spacial score (nSPS) is 11.1. The Labute approximate surface area is 124 Å². The molecule has 0 spiro atoms. The van der Waals surface area contributed by atoms with Crippen molar-refractivity contribution < 1.29 is 0 Å². The minimum atomic E-state index is 0.545. The summed E-state index contributed by atoms with van der Waals surface area (Å²) in [7, 11) is 0. The van der Waals surface area contributed by atoms with E-state index in [-0.39, 0.29) is 0 Å². The van der Waals surface area contributed by atoms with Gasteiger partial charge in [-0.05, 0) is 29.8 Å². The topological polar surface area (TPSA) is 43.8 Å². The minimum Gasteiger partial charge on any atom is -0.382 e. The first-order valence-corrected chi connectivity index (χ1v) is 6.97. The van der Waals surface area contributed by atoms with Crippen LogP contribution in [0.5, 0.6) is 0 Å². The van der Waals surface area contributed by atoms with E-state index < -0.39 is 0 Å². The van der Waals surface area contributed by atoms with Crippen molar-refractivity contribution in [2.75, 3.05) is 5.73 Å². The lowest BCUT2D eigenvalue weighted by molar-refractivity contribution is 0.716. The Morgan fingerprint density at radius 3 is 2.79 bits per heavy atom. The lowest BCUT2D eigenvalue weighted by atomic mass is 10.2. The standard InChI is InChI=1S/C14H11BrClN3/c15-10-6-5-9(12(16)7-10)8-19-13-4-2-1-3-11(13)14(17)18-19/h1-7H,8H2,(H2,17,18). The molecule has 1 aromatic heterocycles. The van der Waals surface area contributed by atoms with Gasteiger partial charge in [0.05, 0.1) is 12.1 Å². The molecule has 19 heavy (non-hydrogen) atoms. The molecule has 0 saturated heterocycles. The largest absolute Gasteiger partial charge is 0.382 e. The van der Waals surface area contributed by atoms with E-state index in [1.165, 1.54) is 0 Å². The van der Waals surface area contributed by atoms with Gasteiger partial charge in [0.1, 0.15) is 0 Å². The van der Waals surface area contributed by atoms with Crippen LogP contribution >= 0.6 is 27.5 Å². The molecule has 0 fully saturated rings. The van der Waals surface area contributed by atoms with Crippen LogP contribution in [0.25, 0.3) is 10.9 Å². The van der Waals surface area contributed by atoms with Crippen LogP contribution in [-0.2, 0) is 6.54 Å². The van der Waals surface area contributed by atoms with Crippen LogP contribution in [0.1, 0.15) is 5.56 Å². The number of fused-ring (bicyclic) bond motifs is 1. The number of hydrogen-bond acceptors (Lipinski definition) is 2. The van der Waals surface area contributed by atoms with Gasteiger partial charge in [-0.25, -0.2) is 0 Å².